The minimum atomic E-state index is -2.36. The molecule has 1 spiro atoms. The molecular weight excluding hydrogens is 160 g/mol. The van der Waals surface area contributed by atoms with Gasteiger partial charge in [0.05, 0.1) is 0 Å². The minimum Gasteiger partial charge on any atom is -0.317 e. The van der Waals surface area contributed by atoms with Gasteiger partial charge in [0.2, 0.25) is 0 Å². The summed E-state index contributed by atoms with van der Waals surface area (Å²) >= 11 is 0. The predicted octanol–water partition coefficient (Wildman–Crippen LogP) is 2.18. The van der Waals surface area contributed by atoms with Crippen LogP contribution < -0.4 is 5.32 Å². The Bertz CT molecular complexity index is 171. The van der Waals surface area contributed by atoms with Crippen molar-refractivity contribution in [1.29, 1.82) is 0 Å². The van der Waals surface area contributed by atoms with E-state index in [1.165, 1.54) is 0 Å². The molecule has 0 amide bonds. The van der Waals surface area contributed by atoms with E-state index in [1.807, 2.05) is 0 Å². The molecule has 1 heterocycles. The van der Waals surface area contributed by atoms with Crippen molar-refractivity contribution in [2.75, 3.05) is 13.1 Å². The number of hydrogen-bond donors (Lipinski definition) is 1. The zero-order chi connectivity index (χ0) is 8.66. The molecule has 1 aliphatic heterocycles. The van der Waals surface area contributed by atoms with E-state index >= 15 is 0 Å². The van der Waals surface area contributed by atoms with Gasteiger partial charge in [0.25, 0.3) is 5.92 Å². The molecule has 70 valence electrons. The molecule has 1 unspecified atom stereocenters. The highest BCUT2D eigenvalue weighted by molar-refractivity contribution is 5.02. The molecule has 2 rings (SSSR count). The van der Waals surface area contributed by atoms with E-state index < -0.39 is 11.3 Å². The van der Waals surface area contributed by atoms with Crippen LogP contribution >= 0.6 is 0 Å². The Hall–Kier alpha value is -0.180. The van der Waals surface area contributed by atoms with E-state index in [9.17, 15) is 8.78 Å². The van der Waals surface area contributed by atoms with Crippen LogP contribution in [0.1, 0.15) is 32.1 Å². The third kappa shape index (κ3) is 1.06. The fraction of sp³-hybridized carbons (Fsp3) is 1.00. The summed E-state index contributed by atoms with van der Waals surface area (Å²) in [4.78, 5) is 0. The van der Waals surface area contributed by atoms with Crippen molar-refractivity contribution < 1.29 is 8.78 Å². The first kappa shape index (κ1) is 8.42. The zero-order valence-electron chi connectivity index (χ0n) is 7.21. The average molecular weight is 175 g/mol. The van der Waals surface area contributed by atoms with Crippen LogP contribution in [0, 0.1) is 5.41 Å². The van der Waals surface area contributed by atoms with Crippen LogP contribution in [0.5, 0.6) is 0 Å². The highest BCUT2D eigenvalue weighted by Crippen LogP contribution is 2.58. The van der Waals surface area contributed by atoms with E-state index in [1.54, 1.807) is 0 Å². The second-order valence-electron chi connectivity index (χ2n) is 4.09. The third-order valence-electron chi connectivity index (χ3n) is 3.48. The van der Waals surface area contributed by atoms with Crippen LogP contribution in [0.4, 0.5) is 8.78 Å². The van der Waals surface area contributed by atoms with Gasteiger partial charge >= 0.3 is 0 Å². The van der Waals surface area contributed by atoms with Gasteiger partial charge in [-0.1, -0.05) is 0 Å². The molecule has 1 saturated carbocycles. The molecule has 0 aromatic rings. The summed E-state index contributed by atoms with van der Waals surface area (Å²) in [6.45, 7) is 1.69. The molecule has 1 nitrogen and oxygen atoms in total. The van der Waals surface area contributed by atoms with E-state index in [2.05, 4.69) is 5.32 Å². The molecule has 0 aromatic heterocycles. The molecule has 1 aliphatic carbocycles. The molecule has 2 fully saturated rings. The third-order valence-corrected chi connectivity index (χ3v) is 3.48. The molecule has 3 heteroatoms. The Kier molecular flexibility index (Phi) is 1.86. The van der Waals surface area contributed by atoms with E-state index in [0.29, 0.717) is 12.8 Å². The second-order valence-corrected chi connectivity index (χ2v) is 4.09. The summed E-state index contributed by atoms with van der Waals surface area (Å²) in [6, 6.07) is 0. The molecule has 0 aromatic carbocycles. The van der Waals surface area contributed by atoms with Crippen LogP contribution in [0.3, 0.4) is 0 Å². The van der Waals surface area contributed by atoms with Gasteiger partial charge in [-0.05, 0) is 38.8 Å². The second kappa shape index (κ2) is 2.66. The molecule has 0 radical (unpaired) electrons. The maximum absolute atomic E-state index is 13.2. The fourth-order valence-electron chi connectivity index (χ4n) is 2.41. The van der Waals surface area contributed by atoms with Gasteiger partial charge in [-0.3, -0.25) is 0 Å². The minimum absolute atomic E-state index is 0.118. The number of halogens is 2. The largest absolute Gasteiger partial charge is 0.317 e. The first-order chi connectivity index (χ1) is 5.66. The van der Waals surface area contributed by atoms with E-state index in [-0.39, 0.29) is 6.42 Å². The lowest BCUT2D eigenvalue weighted by atomic mass is 9.61. The standard InChI is InChI=1S/C9H15F2N/c10-9(11)4-3-8(9)2-1-6-12-7-5-8/h12H,1-7H2. The van der Waals surface area contributed by atoms with Crippen molar-refractivity contribution in [3.05, 3.63) is 0 Å². The Labute approximate surface area is 71.5 Å². The van der Waals surface area contributed by atoms with Crippen molar-refractivity contribution in [2.24, 2.45) is 5.41 Å². The predicted molar refractivity (Wildman–Crippen MR) is 43.3 cm³/mol. The van der Waals surface area contributed by atoms with Crippen molar-refractivity contribution in [3.8, 4) is 0 Å². The maximum atomic E-state index is 13.2. The van der Waals surface area contributed by atoms with Crippen LogP contribution in [-0.4, -0.2) is 19.0 Å². The number of alkyl halides is 2. The smallest absolute Gasteiger partial charge is 0.253 e. The van der Waals surface area contributed by atoms with Gasteiger partial charge < -0.3 is 5.32 Å². The Morgan fingerprint density at radius 2 is 1.75 bits per heavy atom. The van der Waals surface area contributed by atoms with E-state index in [0.717, 1.165) is 25.9 Å². The first-order valence-electron chi connectivity index (χ1n) is 4.75. The topological polar surface area (TPSA) is 12.0 Å². The molecular formula is C9H15F2N. The number of hydrogen-bond acceptors (Lipinski definition) is 1. The van der Waals surface area contributed by atoms with Crippen LogP contribution in [0.2, 0.25) is 0 Å². The SMILES string of the molecule is FC1(F)CCC12CCCNCC2. The molecule has 0 bridgehead atoms. The number of nitrogens with one attached hydrogen (secondary N) is 1. The molecule has 1 N–H and O–H groups in total. The maximum Gasteiger partial charge on any atom is 0.253 e. The quantitative estimate of drug-likeness (QED) is 0.595. The van der Waals surface area contributed by atoms with Gasteiger partial charge in [-0.2, -0.15) is 0 Å². The van der Waals surface area contributed by atoms with Crippen molar-refractivity contribution >= 4 is 0 Å². The lowest BCUT2D eigenvalue weighted by molar-refractivity contribution is -0.206. The summed E-state index contributed by atoms with van der Waals surface area (Å²) in [5.74, 6) is -2.36. The van der Waals surface area contributed by atoms with Crippen LogP contribution in [0.25, 0.3) is 0 Å². The lowest BCUT2D eigenvalue weighted by Gasteiger charge is -2.49. The van der Waals surface area contributed by atoms with Gasteiger partial charge in [0, 0.05) is 11.8 Å². The normalized spacial score (nSPS) is 40.5. The Morgan fingerprint density at radius 3 is 2.33 bits per heavy atom. The summed E-state index contributed by atoms with van der Waals surface area (Å²) in [5, 5.41) is 3.18. The van der Waals surface area contributed by atoms with Crippen LogP contribution in [0.15, 0.2) is 0 Å². The van der Waals surface area contributed by atoms with Gasteiger partial charge in [-0.25, -0.2) is 8.78 Å². The highest BCUT2D eigenvalue weighted by atomic mass is 19.3. The summed E-state index contributed by atoms with van der Waals surface area (Å²) < 4.78 is 26.5. The highest BCUT2D eigenvalue weighted by Gasteiger charge is 2.60. The molecule has 1 saturated heterocycles. The summed E-state index contributed by atoms with van der Waals surface area (Å²) in [7, 11) is 0. The molecule has 1 atom stereocenters. The van der Waals surface area contributed by atoms with Crippen molar-refractivity contribution in [2.45, 2.75) is 38.0 Å². The summed E-state index contributed by atoms with van der Waals surface area (Å²) in [6.07, 6.45) is 3.15. The zero-order valence-corrected chi connectivity index (χ0v) is 7.21. The fourth-order valence-corrected chi connectivity index (χ4v) is 2.41. The Balaban J connectivity index is 2.08. The lowest BCUT2D eigenvalue weighted by Crippen LogP contribution is -2.51. The number of rotatable bonds is 0. The monoisotopic (exact) mass is 175 g/mol. The van der Waals surface area contributed by atoms with Gasteiger partial charge in [-0.15, -0.1) is 0 Å². The van der Waals surface area contributed by atoms with Gasteiger partial charge in [0.1, 0.15) is 0 Å². The van der Waals surface area contributed by atoms with Crippen LogP contribution in [-0.2, 0) is 0 Å². The van der Waals surface area contributed by atoms with Crippen molar-refractivity contribution in [3.63, 3.8) is 0 Å². The Morgan fingerprint density at radius 1 is 0.917 bits per heavy atom. The average Bonchev–Trinajstić information content (AvgIpc) is 2.28. The molecule has 12 heavy (non-hydrogen) atoms. The van der Waals surface area contributed by atoms with Crippen molar-refractivity contribution in [1.82, 2.24) is 5.32 Å². The summed E-state index contributed by atoms with van der Waals surface area (Å²) in [5.41, 5.74) is -0.615. The molecule has 2 aliphatic rings. The van der Waals surface area contributed by atoms with E-state index in [4.69, 9.17) is 0 Å². The van der Waals surface area contributed by atoms with Gasteiger partial charge in [0.15, 0.2) is 0 Å². The first-order valence-corrected chi connectivity index (χ1v) is 4.75.